The molecule has 0 saturated carbocycles. The molecule has 2 aromatic heterocycles. The zero-order valence-electron chi connectivity index (χ0n) is 23.5. The summed E-state index contributed by atoms with van der Waals surface area (Å²) in [6.07, 6.45) is 1.63. The van der Waals surface area contributed by atoms with Gasteiger partial charge in [-0.25, -0.2) is 9.79 Å². The van der Waals surface area contributed by atoms with Crippen LogP contribution in [0.15, 0.2) is 98.3 Å². The average Bonchev–Trinajstić information content (AvgIpc) is 3.60. The third kappa shape index (κ3) is 4.95. The number of fused-ring (bicyclic) bond motifs is 2. The number of hydrogen-bond donors (Lipinski definition) is 0. The number of benzene rings is 3. The molecule has 1 aliphatic heterocycles. The minimum atomic E-state index is -1.26. The number of carboxylic acids is 1. The van der Waals surface area contributed by atoms with Gasteiger partial charge in [0.1, 0.15) is 23.3 Å². The fourth-order valence-electron chi connectivity index (χ4n) is 5.29. The van der Waals surface area contributed by atoms with Gasteiger partial charge < -0.3 is 23.8 Å². The highest BCUT2D eigenvalue weighted by Gasteiger charge is 2.36. The lowest BCUT2D eigenvalue weighted by Crippen LogP contribution is -2.40. The minimum absolute atomic E-state index is 0.0616. The quantitative estimate of drug-likeness (QED) is 0.264. The van der Waals surface area contributed by atoms with Gasteiger partial charge in [0.25, 0.3) is 5.56 Å². The Balaban J connectivity index is 1.53. The van der Waals surface area contributed by atoms with Crippen molar-refractivity contribution in [3.05, 3.63) is 121 Å². The van der Waals surface area contributed by atoms with Crippen LogP contribution in [0, 0.1) is 0 Å². The number of thiazole rings is 1. The summed E-state index contributed by atoms with van der Waals surface area (Å²) in [4.78, 5) is 43.7. The van der Waals surface area contributed by atoms with Gasteiger partial charge in [0.15, 0.2) is 4.80 Å². The summed E-state index contributed by atoms with van der Waals surface area (Å²) in [5.41, 5.74) is 1.75. The molecule has 3 heterocycles. The van der Waals surface area contributed by atoms with E-state index in [0.717, 1.165) is 10.8 Å². The Morgan fingerprint density at radius 3 is 2.56 bits per heavy atom. The van der Waals surface area contributed by atoms with Crippen molar-refractivity contribution in [3.8, 4) is 17.1 Å². The Kier molecular flexibility index (Phi) is 7.29. The molecule has 6 rings (SSSR count). The van der Waals surface area contributed by atoms with Gasteiger partial charge in [-0.15, -0.1) is 0 Å². The lowest BCUT2D eigenvalue weighted by Gasteiger charge is -2.27. The van der Waals surface area contributed by atoms with Crippen LogP contribution in [0.25, 0.3) is 28.2 Å². The molecule has 0 radical (unpaired) electrons. The zero-order valence-corrected chi connectivity index (χ0v) is 24.3. The predicted octanol–water partition coefficient (Wildman–Crippen LogP) is 3.58. The Bertz CT molecular complexity index is 2120. The summed E-state index contributed by atoms with van der Waals surface area (Å²) in [7, 11) is 1.55. The number of aromatic carboxylic acids is 1. The molecule has 43 heavy (non-hydrogen) atoms. The van der Waals surface area contributed by atoms with Crippen molar-refractivity contribution in [3.63, 3.8) is 0 Å². The van der Waals surface area contributed by atoms with Crippen LogP contribution in [0.2, 0.25) is 0 Å². The van der Waals surface area contributed by atoms with Crippen molar-refractivity contribution in [1.29, 1.82) is 0 Å². The number of aromatic nitrogens is 1. The van der Waals surface area contributed by atoms with Crippen molar-refractivity contribution >= 4 is 40.1 Å². The van der Waals surface area contributed by atoms with Crippen LogP contribution in [-0.2, 0) is 9.53 Å². The highest BCUT2D eigenvalue weighted by atomic mass is 32.1. The molecule has 5 aromatic rings. The number of carboxylic acid groups (broad SMARTS) is 1. The number of furan rings is 1. The SMILES string of the molecule is CCOC(=O)C1=C(C)N=c2s/c(=C/c3ccc(-c4ccc(C(=O)[O-])cc4)o3)c(=O)n2[C@@H]1c1c(OC)ccc2ccccc12. The molecule has 0 saturated heterocycles. The number of carbonyl (C=O) groups is 2. The Labute approximate surface area is 249 Å². The first-order chi connectivity index (χ1) is 20.8. The molecule has 0 fully saturated rings. The molecule has 3 aromatic carbocycles. The fraction of sp³-hybridized carbons (Fsp3) is 0.152. The lowest BCUT2D eigenvalue weighted by molar-refractivity contribution is -0.255. The standard InChI is InChI=1S/C33H26N2O7S/c1-4-41-32(39)27-18(2)34-33-35(29(27)28-23-8-6-5-7-19(23)13-15-25(28)40-3)30(36)26(43-33)17-22-14-16-24(42-22)20-9-11-21(12-10-20)31(37)38/h5-17,29H,4H2,1-3H3,(H,37,38)/p-1/b26-17+/t29-/m0/s1. The number of ether oxygens (including phenoxy) is 2. The summed E-state index contributed by atoms with van der Waals surface area (Å²) in [6.45, 7) is 3.63. The number of hydrogen-bond acceptors (Lipinski definition) is 9. The normalized spacial score (nSPS) is 14.9. The third-order valence-electron chi connectivity index (χ3n) is 7.25. The van der Waals surface area contributed by atoms with Crippen molar-refractivity contribution in [2.45, 2.75) is 19.9 Å². The van der Waals surface area contributed by atoms with Crippen molar-refractivity contribution in [2.24, 2.45) is 4.99 Å². The van der Waals surface area contributed by atoms with Crippen LogP contribution in [-0.4, -0.2) is 30.2 Å². The van der Waals surface area contributed by atoms with Crippen LogP contribution in [0.1, 0.15) is 41.6 Å². The van der Waals surface area contributed by atoms with Gasteiger partial charge in [0, 0.05) is 17.2 Å². The van der Waals surface area contributed by atoms with Gasteiger partial charge in [-0.05, 0) is 48.4 Å². The smallest absolute Gasteiger partial charge is 0.338 e. The van der Waals surface area contributed by atoms with E-state index in [2.05, 4.69) is 4.99 Å². The molecule has 0 spiro atoms. The summed E-state index contributed by atoms with van der Waals surface area (Å²) in [5, 5.41) is 12.8. The third-order valence-corrected chi connectivity index (χ3v) is 8.23. The maximum absolute atomic E-state index is 14.1. The minimum Gasteiger partial charge on any atom is -0.545 e. The maximum atomic E-state index is 14.1. The number of esters is 1. The molecule has 216 valence electrons. The Hall–Kier alpha value is -5.22. The molecule has 0 aliphatic carbocycles. The van der Waals surface area contributed by atoms with Gasteiger partial charge in [-0.1, -0.05) is 65.9 Å². The number of carbonyl (C=O) groups excluding carboxylic acids is 2. The molecular formula is C33H25N2O7S-. The molecule has 0 N–H and O–H groups in total. The first-order valence-electron chi connectivity index (χ1n) is 13.5. The second-order valence-electron chi connectivity index (χ2n) is 9.77. The molecule has 10 heteroatoms. The largest absolute Gasteiger partial charge is 0.545 e. The second kappa shape index (κ2) is 11.2. The Morgan fingerprint density at radius 1 is 1.07 bits per heavy atom. The number of allylic oxidation sites excluding steroid dienone is 1. The molecule has 0 unspecified atom stereocenters. The maximum Gasteiger partial charge on any atom is 0.338 e. The van der Waals surface area contributed by atoms with Crippen LogP contribution in [0.4, 0.5) is 0 Å². The van der Waals surface area contributed by atoms with Crippen LogP contribution < -0.4 is 24.7 Å². The summed E-state index contributed by atoms with van der Waals surface area (Å²) in [6, 6.07) is 20.2. The van der Waals surface area contributed by atoms with Crippen molar-refractivity contribution in [1.82, 2.24) is 4.57 Å². The first-order valence-corrected chi connectivity index (χ1v) is 14.3. The average molecular weight is 594 g/mol. The van der Waals surface area contributed by atoms with Gasteiger partial charge in [-0.3, -0.25) is 9.36 Å². The van der Waals surface area contributed by atoms with Crippen LogP contribution >= 0.6 is 11.3 Å². The molecule has 1 aliphatic rings. The van der Waals surface area contributed by atoms with E-state index in [1.54, 1.807) is 51.3 Å². The van der Waals surface area contributed by atoms with Crippen molar-refractivity contribution in [2.75, 3.05) is 13.7 Å². The van der Waals surface area contributed by atoms with Crippen LogP contribution in [0.3, 0.4) is 0 Å². The monoisotopic (exact) mass is 593 g/mol. The summed E-state index contributed by atoms with van der Waals surface area (Å²) < 4.78 is 19.1. The predicted molar refractivity (Wildman–Crippen MR) is 159 cm³/mol. The highest BCUT2D eigenvalue weighted by Crippen LogP contribution is 2.40. The van der Waals surface area contributed by atoms with Gasteiger partial charge in [0.05, 0.1) is 35.5 Å². The molecule has 1 atom stereocenters. The van der Waals surface area contributed by atoms with E-state index in [1.165, 1.54) is 28.0 Å². The topological polar surface area (TPSA) is 123 Å². The van der Waals surface area contributed by atoms with E-state index in [-0.39, 0.29) is 23.3 Å². The Morgan fingerprint density at radius 2 is 1.84 bits per heavy atom. The molecular weight excluding hydrogens is 568 g/mol. The van der Waals surface area contributed by atoms with E-state index in [9.17, 15) is 19.5 Å². The number of nitrogens with zero attached hydrogens (tertiary/aromatic N) is 2. The molecule has 0 amide bonds. The summed E-state index contributed by atoms with van der Waals surface area (Å²) in [5.74, 6) is -0.371. The fourth-order valence-corrected chi connectivity index (χ4v) is 6.31. The van der Waals surface area contributed by atoms with E-state index in [0.29, 0.717) is 43.4 Å². The van der Waals surface area contributed by atoms with Crippen molar-refractivity contribution < 1.29 is 28.6 Å². The number of methoxy groups -OCH3 is 1. The lowest BCUT2D eigenvalue weighted by atomic mass is 9.90. The first kappa shape index (κ1) is 27.9. The van der Waals surface area contributed by atoms with Gasteiger partial charge in [0.2, 0.25) is 0 Å². The molecule has 9 nitrogen and oxygen atoms in total. The van der Waals surface area contributed by atoms with E-state index in [4.69, 9.17) is 13.9 Å². The van der Waals surface area contributed by atoms with E-state index in [1.807, 2.05) is 36.4 Å². The highest BCUT2D eigenvalue weighted by molar-refractivity contribution is 7.07. The van der Waals surface area contributed by atoms with E-state index < -0.39 is 18.0 Å². The van der Waals surface area contributed by atoms with Gasteiger partial charge in [-0.2, -0.15) is 0 Å². The van der Waals surface area contributed by atoms with Gasteiger partial charge >= 0.3 is 5.97 Å². The van der Waals surface area contributed by atoms with Crippen LogP contribution in [0.5, 0.6) is 5.75 Å². The zero-order chi connectivity index (χ0) is 30.2. The number of rotatable bonds is 7. The summed E-state index contributed by atoms with van der Waals surface area (Å²) >= 11 is 1.18. The second-order valence-corrected chi connectivity index (χ2v) is 10.8. The molecule has 0 bridgehead atoms. The van der Waals surface area contributed by atoms with E-state index >= 15 is 0 Å².